The van der Waals surface area contributed by atoms with Crippen LogP contribution in [0.3, 0.4) is 0 Å². The van der Waals surface area contributed by atoms with Crippen LogP contribution >= 0.6 is 11.6 Å². The number of nitrogens with one attached hydrogen (secondary N) is 1. The third kappa shape index (κ3) is 4.63. The van der Waals surface area contributed by atoms with Crippen molar-refractivity contribution in [3.8, 4) is 0 Å². The Hall–Kier alpha value is 0.210. The van der Waals surface area contributed by atoms with Gasteiger partial charge in [0.05, 0.1) is 0 Å². The van der Waals surface area contributed by atoms with Gasteiger partial charge in [0.1, 0.15) is 0 Å². The second kappa shape index (κ2) is 6.65. The molecule has 3 heteroatoms. The van der Waals surface area contributed by atoms with Gasteiger partial charge in [-0.1, -0.05) is 6.42 Å². The monoisotopic (exact) mass is 218 g/mol. The Morgan fingerprint density at radius 1 is 1.36 bits per heavy atom. The highest BCUT2D eigenvalue weighted by molar-refractivity contribution is 6.20. The highest BCUT2D eigenvalue weighted by atomic mass is 35.5. The zero-order valence-electron chi connectivity index (χ0n) is 9.43. The Kier molecular flexibility index (Phi) is 5.83. The molecule has 0 amide bonds. The van der Waals surface area contributed by atoms with Crippen molar-refractivity contribution in [2.45, 2.75) is 31.1 Å². The first-order valence-electron chi connectivity index (χ1n) is 5.69. The van der Waals surface area contributed by atoms with E-state index in [0.717, 1.165) is 19.0 Å². The molecule has 0 heterocycles. The number of nitrogens with zero attached hydrogens (tertiary/aromatic N) is 1. The second-order valence-electron chi connectivity index (χ2n) is 4.57. The number of hydrogen-bond donors (Lipinski definition) is 1. The molecule has 0 radical (unpaired) electrons. The van der Waals surface area contributed by atoms with E-state index in [1.54, 1.807) is 0 Å². The van der Waals surface area contributed by atoms with Gasteiger partial charge in [-0.2, -0.15) is 0 Å². The van der Waals surface area contributed by atoms with Crippen LogP contribution in [0.1, 0.15) is 25.7 Å². The molecule has 0 spiro atoms. The van der Waals surface area contributed by atoms with Crippen LogP contribution in [-0.4, -0.2) is 44.0 Å². The summed E-state index contributed by atoms with van der Waals surface area (Å²) in [5.74, 6) is 0.719. The minimum absolute atomic E-state index is 0.427. The summed E-state index contributed by atoms with van der Waals surface area (Å²) in [6.07, 6.45) is 5.07. The lowest BCUT2D eigenvalue weighted by atomic mass is 10.1. The molecule has 1 N–H and O–H groups in total. The molecule has 2 atom stereocenters. The van der Waals surface area contributed by atoms with Gasteiger partial charge in [0, 0.05) is 5.38 Å². The van der Waals surface area contributed by atoms with Gasteiger partial charge in [-0.25, -0.2) is 0 Å². The molecule has 1 aliphatic carbocycles. The summed E-state index contributed by atoms with van der Waals surface area (Å²) >= 11 is 6.19. The van der Waals surface area contributed by atoms with Gasteiger partial charge in [-0.05, 0) is 58.9 Å². The van der Waals surface area contributed by atoms with Crippen molar-refractivity contribution in [2.24, 2.45) is 5.92 Å². The van der Waals surface area contributed by atoms with Crippen LogP contribution in [0.2, 0.25) is 0 Å². The van der Waals surface area contributed by atoms with Crippen LogP contribution in [0, 0.1) is 5.92 Å². The molecule has 1 fully saturated rings. The topological polar surface area (TPSA) is 15.3 Å². The van der Waals surface area contributed by atoms with E-state index in [-0.39, 0.29) is 0 Å². The maximum atomic E-state index is 6.19. The minimum atomic E-state index is 0.427. The molecule has 1 saturated carbocycles. The van der Waals surface area contributed by atoms with Crippen LogP contribution in [0.25, 0.3) is 0 Å². The predicted octanol–water partition coefficient (Wildman–Crippen LogP) is 1.94. The van der Waals surface area contributed by atoms with Crippen molar-refractivity contribution < 1.29 is 0 Å². The molecule has 1 rings (SSSR count). The van der Waals surface area contributed by atoms with E-state index in [1.807, 2.05) is 0 Å². The highest BCUT2D eigenvalue weighted by Crippen LogP contribution is 2.29. The summed E-state index contributed by atoms with van der Waals surface area (Å²) in [7, 11) is 4.23. The maximum absolute atomic E-state index is 6.19. The zero-order chi connectivity index (χ0) is 10.4. The first kappa shape index (κ1) is 12.3. The van der Waals surface area contributed by atoms with Gasteiger partial charge in [-0.3, -0.25) is 0 Å². The van der Waals surface area contributed by atoms with Crippen molar-refractivity contribution in [1.29, 1.82) is 0 Å². The summed E-state index contributed by atoms with van der Waals surface area (Å²) in [5, 5.41) is 3.93. The molecule has 0 aliphatic heterocycles. The van der Waals surface area contributed by atoms with Crippen LogP contribution in [0.15, 0.2) is 0 Å². The average Bonchev–Trinajstić information content (AvgIpc) is 2.51. The first-order valence-corrected chi connectivity index (χ1v) is 6.13. The molecular weight excluding hydrogens is 196 g/mol. The highest BCUT2D eigenvalue weighted by Gasteiger charge is 2.24. The molecule has 14 heavy (non-hydrogen) atoms. The van der Waals surface area contributed by atoms with Crippen molar-refractivity contribution in [3.05, 3.63) is 0 Å². The summed E-state index contributed by atoms with van der Waals surface area (Å²) in [6, 6.07) is 0. The van der Waals surface area contributed by atoms with Crippen molar-refractivity contribution in [3.63, 3.8) is 0 Å². The first-order chi connectivity index (χ1) is 6.70. The fourth-order valence-corrected chi connectivity index (χ4v) is 2.40. The molecule has 84 valence electrons. The summed E-state index contributed by atoms with van der Waals surface area (Å²) in [6.45, 7) is 3.40. The Labute approximate surface area is 93.0 Å². The van der Waals surface area contributed by atoms with E-state index >= 15 is 0 Å². The van der Waals surface area contributed by atoms with Gasteiger partial charge < -0.3 is 10.2 Å². The summed E-state index contributed by atoms with van der Waals surface area (Å²) < 4.78 is 0. The van der Waals surface area contributed by atoms with E-state index in [0.29, 0.717) is 5.38 Å². The quantitative estimate of drug-likeness (QED) is 0.542. The molecule has 0 aromatic carbocycles. The van der Waals surface area contributed by atoms with Gasteiger partial charge in [0.2, 0.25) is 0 Å². The van der Waals surface area contributed by atoms with Crippen molar-refractivity contribution >= 4 is 11.6 Å². The predicted molar refractivity (Wildman–Crippen MR) is 63.0 cm³/mol. The second-order valence-corrected chi connectivity index (χ2v) is 5.13. The Balaban J connectivity index is 1.93. The fourth-order valence-electron chi connectivity index (χ4n) is 2.03. The lowest BCUT2D eigenvalue weighted by molar-refractivity contribution is 0.388. The Morgan fingerprint density at radius 2 is 2.14 bits per heavy atom. The largest absolute Gasteiger partial charge is 0.316 e. The standard InChI is InChI=1S/C11H23ClN2/c1-14(2)8-4-7-13-9-10-5-3-6-11(10)12/h10-11,13H,3-9H2,1-2H3. The SMILES string of the molecule is CN(C)CCCNCC1CCCC1Cl. The molecule has 0 saturated heterocycles. The molecule has 1 aliphatic rings. The molecular formula is C11H23ClN2. The average molecular weight is 219 g/mol. The molecule has 0 bridgehead atoms. The van der Waals surface area contributed by atoms with Gasteiger partial charge in [-0.15, -0.1) is 11.6 Å². The van der Waals surface area contributed by atoms with E-state index in [2.05, 4.69) is 24.3 Å². The van der Waals surface area contributed by atoms with E-state index in [4.69, 9.17) is 11.6 Å². The van der Waals surface area contributed by atoms with Crippen LogP contribution in [0.4, 0.5) is 0 Å². The maximum Gasteiger partial charge on any atom is 0.0376 e. The lowest BCUT2D eigenvalue weighted by Crippen LogP contribution is -2.28. The van der Waals surface area contributed by atoms with E-state index in [1.165, 1.54) is 32.2 Å². The molecule has 2 nitrogen and oxygen atoms in total. The summed E-state index contributed by atoms with van der Waals surface area (Å²) in [4.78, 5) is 2.22. The lowest BCUT2D eigenvalue weighted by Gasteiger charge is -2.15. The normalized spacial score (nSPS) is 27.4. The number of rotatable bonds is 6. The molecule has 0 aromatic rings. The van der Waals surface area contributed by atoms with Gasteiger partial charge in [0.25, 0.3) is 0 Å². The molecule has 2 unspecified atom stereocenters. The Bertz CT molecular complexity index is 150. The zero-order valence-corrected chi connectivity index (χ0v) is 10.2. The van der Waals surface area contributed by atoms with Crippen LogP contribution in [0.5, 0.6) is 0 Å². The fraction of sp³-hybridized carbons (Fsp3) is 1.00. The van der Waals surface area contributed by atoms with Crippen molar-refractivity contribution in [2.75, 3.05) is 33.7 Å². The summed E-state index contributed by atoms with van der Waals surface area (Å²) in [5.41, 5.74) is 0. The Morgan fingerprint density at radius 3 is 2.71 bits per heavy atom. The number of halogens is 1. The van der Waals surface area contributed by atoms with E-state index < -0.39 is 0 Å². The third-order valence-electron chi connectivity index (χ3n) is 2.93. The molecule has 0 aromatic heterocycles. The minimum Gasteiger partial charge on any atom is -0.316 e. The van der Waals surface area contributed by atoms with Gasteiger partial charge in [0.15, 0.2) is 0 Å². The number of alkyl halides is 1. The van der Waals surface area contributed by atoms with Gasteiger partial charge >= 0.3 is 0 Å². The van der Waals surface area contributed by atoms with Crippen LogP contribution in [-0.2, 0) is 0 Å². The van der Waals surface area contributed by atoms with E-state index in [9.17, 15) is 0 Å². The number of hydrogen-bond acceptors (Lipinski definition) is 2. The van der Waals surface area contributed by atoms with Crippen LogP contribution < -0.4 is 5.32 Å². The third-order valence-corrected chi connectivity index (χ3v) is 3.51. The smallest absolute Gasteiger partial charge is 0.0376 e. The van der Waals surface area contributed by atoms with Crippen molar-refractivity contribution in [1.82, 2.24) is 10.2 Å².